The molecule has 0 bridgehead atoms. The van der Waals surface area contributed by atoms with E-state index in [2.05, 4.69) is 39.8 Å². The molecule has 1 N–H and O–H groups in total. The number of hydrogen-bond acceptors (Lipinski definition) is 6. The normalized spacial score (nSPS) is 16.8. The Morgan fingerprint density at radius 1 is 1.20 bits per heavy atom. The second kappa shape index (κ2) is 5.93. The van der Waals surface area contributed by atoms with Gasteiger partial charge in [-0.3, -0.25) is 0 Å². The third-order valence-corrected chi connectivity index (χ3v) is 4.39. The van der Waals surface area contributed by atoms with E-state index < -0.39 is 0 Å². The van der Waals surface area contributed by atoms with Crippen molar-refractivity contribution in [1.29, 1.82) is 0 Å². The van der Waals surface area contributed by atoms with Crippen LogP contribution >= 0.6 is 11.3 Å². The van der Waals surface area contributed by atoms with Gasteiger partial charge in [-0.15, -0.1) is 11.3 Å². The molecule has 0 radical (unpaired) electrons. The molecule has 108 valence electrons. The SMILES string of the molecule is CCCNc1nc(N2CCN(C)CC2)nc2cscc12. The van der Waals surface area contributed by atoms with Gasteiger partial charge in [-0.1, -0.05) is 6.92 Å². The summed E-state index contributed by atoms with van der Waals surface area (Å²) in [5.74, 6) is 1.84. The molecule has 2 aromatic rings. The highest BCUT2D eigenvalue weighted by atomic mass is 32.1. The number of thiophene rings is 1. The molecular formula is C14H21N5S. The fraction of sp³-hybridized carbons (Fsp3) is 0.571. The molecule has 0 unspecified atom stereocenters. The van der Waals surface area contributed by atoms with E-state index in [0.29, 0.717) is 0 Å². The van der Waals surface area contributed by atoms with Gasteiger partial charge in [0.15, 0.2) is 0 Å². The Morgan fingerprint density at radius 2 is 2.00 bits per heavy atom. The number of nitrogens with one attached hydrogen (secondary N) is 1. The topological polar surface area (TPSA) is 44.3 Å². The zero-order valence-corrected chi connectivity index (χ0v) is 12.9. The standard InChI is InChI=1S/C14H21N5S/c1-3-4-15-13-11-9-20-10-12(11)16-14(17-13)19-7-5-18(2)6-8-19/h9-10H,3-8H2,1-2H3,(H,15,16,17). The number of nitrogens with zero attached hydrogens (tertiary/aromatic N) is 4. The van der Waals surface area contributed by atoms with Crippen LogP contribution in [0.15, 0.2) is 10.8 Å². The lowest BCUT2D eigenvalue weighted by Crippen LogP contribution is -2.45. The largest absolute Gasteiger partial charge is 0.369 e. The summed E-state index contributed by atoms with van der Waals surface area (Å²) in [5.41, 5.74) is 1.05. The number of fused-ring (bicyclic) bond motifs is 1. The first-order chi connectivity index (χ1) is 9.78. The average Bonchev–Trinajstić information content (AvgIpc) is 2.94. The molecule has 2 aromatic heterocycles. The molecule has 0 amide bonds. The van der Waals surface area contributed by atoms with Crippen LogP contribution in [0.4, 0.5) is 11.8 Å². The number of rotatable bonds is 4. The summed E-state index contributed by atoms with van der Waals surface area (Å²) in [6.45, 7) is 7.26. The van der Waals surface area contributed by atoms with Crippen molar-refractivity contribution in [3.8, 4) is 0 Å². The minimum Gasteiger partial charge on any atom is -0.369 e. The highest BCUT2D eigenvalue weighted by molar-refractivity contribution is 7.09. The minimum absolute atomic E-state index is 0.864. The predicted octanol–water partition coefficient (Wildman–Crippen LogP) is 2.27. The van der Waals surface area contributed by atoms with Crippen LogP contribution in [-0.4, -0.2) is 54.6 Å². The molecule has 3 rings (SSSR count). The van der Waals surface area contributed by atoms with E-state index in [-0.39, 0.29) is 0 Å². The quantitative estimate of drug-likeness (QED) is 0.936. The van der Waals surface area contributed by atoms with Crippen LogP contribution in [0.1, 0.15) is 13.3 Å². The van der Waals surface area contributed by atoms with Gasteiger partial charge in [-0.05, 0) is 13.5 Å². The van der Waals surface area contributed by atoms with Crippen molar-refractivity contribution < 1.29 is 0 Å². The zero-order valence-electron chi connectivity index (χ0n) is 12.1. The lowest BCUT2D eigenvalue weighted by Gasteiger charge is -2.32. The molecule has 0 saturated carbocycles. The van der Waals surface area contributed by atoms with Crippen LogP contribution in [0.2, 0.25) is 0 Å². The average molecular weight is 291 g/mol. The van der Waals surface area contributed by atoms with E-state index in [1.54, 1.807) is 11.3 Å². The molecule has 0 spiro atoms. The van der Waals surface area contributed by atoms with Crippen molar-refractivity contribution in [1.82, 2.24) is 14.9 Å². The number of anilines is 2. The van der Waals surface area contributed by atoms with E-state index in [1.807, 2.05) is 0 Å². The molecule has 0 aromatic carbocycles. The van der Waals surface area contributed by atoms with Crippen molar-refractivity contribution in [3.05, 3.63) is 10.8 Å². The first-order valence-electron chi connectivity index (χ1n) is 7.19. The Bertz CT molecular complexity index is 574. The molecular weight excluding hydrogens is 270 g/mol. The van der Waals surface area contributed by atoms with Crippen LogP contribution < -0.4 is 10.2 Å². The maximum Gasteiger partial charge on any atom is 0.228 e. The Labute approximate surface area is 123 Å². The summed E-state index contributed by atoms with van der Waals surface area (Å²) in [4.78, 5) is 14.1. The van der Waals surface area contributed by atoms with Gasteiger partial charge >= 0.3 is 0 Å². The molecule has 6 heteroatoms. The van der Waals surface area contributed by atoms with Crippen LogP contribution in [0.5, 0.6) is 0 Å². The fourth-order valence-electron chi connectivity index (χ4n) is 2.37. The Kier molecular flexibility index (Phi) is 4.03. The second-order valence-electron chi connectivity index (χ2n) is 5.26. The first kappa shape index (κ1) is 13.6. The third kappa shape index (κ3) is 2.71. The van der Waals surface area contributed by atoms with Crippen LogP contribution in [-0.2, 0) is 0 Å². The van der Waals surface area contributed by atoms with E-state index in [1.165, 1.54) is 0 Å². The van der Waals surface area contributed by atoms with Crippen molar-refractivity contribution in [3.63, 3.8) is 0 Å². The molecule has 3 heterocycles. The number of hydrogen-bond donors (Lipinski definition) is 1. The zero-order chi connectivity index (χ0) is 13.9. The first-order valence-corrected chi connectivity index (χ1v) is 8.13. The van der Waals surface area contributed by atoms with Gasteiger partial charge < -0.3 is 15.1 Å². The molecule has 1 saturated heterocycles. The smallest absolute Gasteiger partial charge is 0.228 e. The van der Waals surface area contributed by atoms with Gasteiger partial charge in [0.2, 0.25) is 5.95 Å². The lowest BCUT2D eigenvalue weighted by molar-refractivity contribution is 0.311. The van der Waals surface area contributed by atoms with Gasteiger partial charge in [0, 0.05) is 43.5 Å². The van der Waals surface area contributed by atoms with Gasteiger partial charge in [0.1, 0.15) is 5.82 Å². The predicted molar refractivity (Wildman–Crippen MR) is 85.9 cm³/mol. The van der Waals surface area contributed by atoms with Crippen molar-refractivity contribution in [2.75, 3.05) is 50.0 Å². The molecule has 0 aliphatic carbocycles. The van der Waals surface area contributed by atoms with Gasteiger partial charge in [-0.2, -0.15) is 4.98 Å². The van der Waals surface area contributed by atoms with E-state index in [0.717, 1.165) is 61.8 Å². The molecule has 20 heavy (non-hydrogen) atoms. The van der Waals surface area contributed by atoms with Gasteiger partial charge in [0.05, 0.1) is 10.9 Å². The summed E-state index contributed by atoms with van der Waals surface area (Å²) in [5, 5.41) is 8.80. The highest BCUT2D eigenvalue weighted by Crippen LogP contribution is 2.27. The van der Waals surface area contributed by atoms with Crippen molar-refractivity contribution in [2.45, 2.75) is 13.3 Å². The maximum atomic E-state index is 4.75. The van der Waals surface area contributed by atoms with Gasteiger partial charge in [-0.25, -0.2) is 4.98 Å². The highest BCUT2D eigenvalue weighted by Gasteiger charge is 2.18. The lowest BCUT2D eigenvalue weighted by atomic mass is 10.3. The van der Waals surface area contributed by atoms with E-state index >= 15 is 0 Å². The van der Waals surface area contributed by atoms with Crippen molar-refractivity contribution >= 4 is 34.0 Å². The maximum absolute atomic E-state index is 4.75. The Morgan fingerprint density at radius 3 is 2.75 bits per heavy atom. The van der Waals surface area contributed by atoms with Crippen molar-refractivity contribution in [2.24, 2.45) is 0 Å². The van der Waals surface area contributed by atoms with E-state index in [4.69, 9.17) is 9.97 Å². The summed E-state index contributed by atoms with van der Waals surface area (Å²) in [6.07, 6.45) is 1.10. The molecule has 1 aliphatic heterocycles. The minimum atomic E-state index is 0.864. The second-order valence-corrected chi connectivity index (χ2v) is 6.00. The Hall–Kier alpha value is -1.40. The monoisotopic (exact) mass is 291 g/mol. The van der Waals surface area contributed by atoms with Gasteiger partial charge in [0.25, 0.3) is 0 Å². The molecule has 1 aliphatic rings. The molecule has 5 nitrogen and oxygen atoms in total. The summed E-state index contributed by atoms with van der Waals surface area (Å²) in [7, 11) is 2.16. The molecule has 0 atom stereocenters. The third-order valence-electron chi connectivity index (χ3n) is 3.66. The summed E-state index contributed by atoms with van der Waals surface area (Å²) < 4.78 is 0. The summed E-state index contributed by atoms with van der Waals surface area (Å²) in [6, 6.07) is 0. The molecule has 1 fully saturated rings. The number of aromatic nitrogens is 2. The number of piperazine rings is 1. The van der Waals surface area contributed by atoms with Crippen LogP contribution in [0.25, 0.3) is 10.9 Å². The van der Waals surface area contributed by atoms with Crippen LogP contribution in [0.3, 0.4) is 0 Å². The summed E-state index contributed by atoms with van der Waals surface area (Å²) >= 11 is 1.69. The van der Waals surface area contributed by atoms with E-state index in [9.17, 15) is 0 Å². The fourth-order valence-corrected chi connectivity index (χ4v) is 3.12. The number of likely N-dealkylation sites (N-methyl/N-ethyl adjacent to an activating group) is 1. The van der Waals surface area contributed by atoms with Crippen LogP contribution in [0, 0.1) is 0 Å². The Balaban J connectivity index is 1.90.